The summed E-state index contributed by atoms with van der Waals surface area (Å²) in [7, 11) is 0. The molecule has 15 heavy (non-hydrogen) atoms. The molecule has 0 aromatic carbocycles. The number of hydrogen-bond acceptors (Lipinski definition) is 0. The first-order valence-electron chi connectivity index (χ1n) is 6.46. The van der Waals surface area contributed by atoms with E-state index in [1.807, 2.05) is 0 Å². The van der Waals surface area contributed by atoms with Crippen LogP contribution < -0.4 is 0 Å². The van der Waals surface area contributed by atoms with Gasteiger partial charge in [0.05, 0.1) is 0 Å². The van der Waals surface area contributed by atoms with Crippen LogP contribution in [0.5, 0.6) is 0 Å². The van der Waals surface area contributed by atoms with Gasteiger partial charge in [-0.2, -0.15) is 0 Å². The van der Waals surface area contributed by atoms with E-state index in [0.29, 0.717) is 0 Å². The Morgan fingerprint density at radius 1 is 0.667 bits per heavy atom. The highest BCUT2D eigenvalue weighted by atomic mass is 14.0. The Bertz CT molecular complexity index is 159. The SMILES string of the molecule is [CH2]C#CCCCCCCCCCCC[CH2]. The van der Waals surface area contributed by atoms with Crippen molar-refractivity contribution in [2.24, 2.45) is 0 Å². The Kier molecular flexibility index (Phi) is 13.2. The predicted molar refractivity (Wildman–Crippen MR) is 69.3 cm³/mol. The van der Waals surface area contributed by atoms with Crippen LogP contribution in [0.1, 0.15) is 70.6 Å². The first-order chi connectivity index (χ1) is 7.41. The molecule has 0 saturated heterocycles. The molecule has 0 aromatic rings. The van der Waals surface area contributed by atoms with Gasteiger partial charge >= 0.3 is 0 Å². The summed E-state index contributed by atoms with van der Waals surface area (Å²) >= 11 is 0. The van der Waals surface area contributed by atoms with E-state index in [4.69, 9.17) is 0 Å². The van der Waals surface area contributed by atoms with Crippen molar-refractivity contribution in [3.05, 3.63) is 13.8 Å². The van der Waals surface area contributed by atoms with Gasteiger partial charge in [-0.25, -0.2) is 0 Å². The first kappa shape index (κ1) is 14.6. The molecule has 0 aromatic heterocycles. The van der Waals surface area contributed by atoms with E-state index in [-0.39, 0.29) is 0 Å². The summed E-state index contributed by atoms with van der Waals surface area (Å²) in [6.07, 6.45) is 14.4. The minimum absolute atomic E-state index is 1.03. The maximum Gasteiger partial charge on any atom is 0.0198 e. The maximum absolute atomic E-state index is 3.85. The molecule has 0 saturated carbocycles. The van der Waals surface area contributed by atoms with Crippen LogP contribution in [0.3, 0.4) is 0 Å². The van der Waals surface area contributed by atoms with Crippen molar-refractivity contribution in [3.63, 3.8) is 0 Å². The fourth-order valence-electron chi connectivity index (χ4n) is 1.72. The molecular formula is C15H26. The van der Waals surface area contributed by atoms with Crippen LogP contribution in [-0.2, 0) is 0 Å². The zero-order valence-electron chi connectivity index (χ0n) is 10.2. The van der Waals surface area contributed by atoms with Gasteiger partial charge in [0.25, 0.3) is 0 Å². The van der Waals surface area contributed by atoms with E-state index in [0.717, 1.165) is 12.8 Å². The highest BCUT2D eigenvalue weighted by molar-refractivity contribution is 5.00. The first-order valence-corrected chi connectivity index (χ1v) is 6.46. The quantitative estimate of drug-likeness (QED) is 0.350. The summed E-state index contributed by atoms with van der Waals surface area (Å²) in [6, 6.07) is 0. The molecule has 0 spiro atoms. The van der Waals surface area contributed by atoms with E-state index in [1.54, 1.807) is 0 Å². The van der Waals surface area contributed by atoms with Crippen LogP contribution in [0, 0.1) is 25.7 Å². The molecule has 0 heteroatoms. The van der Waals surface area contributed by atoms with Gasteiger partial charge in [-0.3, -0.25) is 0 Å². The standard InChI is InChI=1S/C15H26/c1-3-5-7-9-11-13-15-14-12-10-8-6-4-2/h1-3,5,7-15H2. The molecule has 86 valence electrons. The van der Waals surface area contributed by atoms with Crippen molar-refractivity contribution in [2.45, 2.75) is 70.6 Å². The zero-order chi connectivity index (χ0) is 11.2. The Balaban J connectivity index is 2.88. The van der Waals surface area contributed by atoms with Gasteiger partial charge in [0.1, 0.15) is 0 Å². The predicted octanol–water partition coefficient (Wildman–Crippen LogP) is 4.95. The Labute approximate surface area is 96.8 Å². The molecule has 0 nitrogen and oxygen atoms in total. The normalized spacial score (nSPS) is 9.73. The highest BCUT2D eigenvalue weighted by Gasteiger charge is 1.91. The Morgan fingerprint density at radius 3 is 1.60 bits per heavy atom. The summed E-state index contributed by atoms with van der Waals surface area (Å²) in [5.41, 5.74) is 0. The lowest BCUT2D eigenvalue weighted by atomic mass is 10.1. The largest absolute Gasteiger partial charge is 0.103 e. The lowest BCUT2D eigenvalue weighted by molar-refractivity contribution is 0.562. The van der Waals surface area contributed by atoms with Crippen molar-refractivity contribution in [1.82, 2.24) is 0 Å². The molecule has 2 radical (unpaired) electrons. The fourth-order valence-corrected chi connectivity index (χ4v) is 1.72. The molecule has 0 unspecified atom stereocenters. The Morgan fingerprint density at radius 2 is 1.13 bits per heavy atom. The minimum Gasteiger partial charge on any atom is -0.103 e. The van der Waals surface area contributed by atoms with Crippen molar-refractivity contribution in [3.8, 4) is 11.8 Å². The second-order valence-corrected chi connectivity index (χ2v) is 4.14. The van der Waals surface area contributed by atoms with Gasteiger partial charge in [0.15, 0.2) is 0 Å². The Hall–Kier alpha value is -0.440. The van der Waals surface area contributed by atoms with Crippen LogP contribution >= 0.6 is 0 Å². The molecule has 0 N–H and O–H groups in total. The fraction of sp³-hybridized carbons (Fsp3) is 0.733. The summed E-state index contributed by atoms with van der Waals surface area (Å²) in [5.74, 6) is 5.70. The van der Waals surface area contributed by atoms with Crippen molar-refractivity contribution in [2.75, 3.05) is 0 Å². The smallest absolute Gasteiger partial charge is 0.0198 e. The van der Waals surface area contributed by atoms with Gasteiger partial charge < -0.3 is 0 Å². The summed E-state index contributed by atoms with van der Waals surface area (Å²) in [6.45, 7) is 7.36. The highest BCUT2D eigenvalue weighted by Crippen LogP contribution is 2.10. The van der Waals surface area contributed by atoms with Gasteiger partial charge in [-0.15, -0.1) is 11.8 Å². The van der Waals surface area contributed by atoms with E-state index in [2.05, 4.69) is 25.7 Å². The van der Waals surface area contributed by atoms with Crippen molar-refractivity contribution in [1.29, 1.82) is 0 Å². The van der Waals surface area contributed by atoms with Crippen LogP contribution in [0.15, 0.2) is 0 Å². The molecule has 0 aliphatic rings. The lowest BCUT2D eigenvalue weighted by Crippen LogP contribution is -1.81. The third kappa shape index (κ3) is 13.6. The third-order valence-corrected chi connectivity index (χ3v) is 2.68. The summed E-state index contributed by atoms with van der Waals surface area (Å²) in [4.78, 5) is 0. The van der Waals surface area contributed by atoms with Gasteiger partial charge in [0.2, 0.25) is 0 Å². The molecular weight excluding hydrogens is 180 g/mol. The van der Waals surface area contributed by atoms with Gasteiger partial charge in [-0.1, -0.05) is 64.7 Å². The molecule has 0 atom stereocenters. The lowest BCUT2D eigenvalue weighted by Gasteiger charge is -2.00. The second kappa shape index (κ2) is 13.6. The molecule has 0 amide bonds. The van der Waals surface area contributed by atoms with E-state index >= 15 is 0 Å². The number of rotatable bonds is 10. The average Bonchev–Trinajstić information content (AvgIpc) is 2.26. The summed E-state index contributed by atoms with van der Waals surface area (Å²) < 4.78 is 0. The summed E-state index contributed by atoms with van der Waals surface area (Å²) in [5, 5.41) is 0. The topological polar surface area (TPSA) is 0 Å². The molecule has 0 fully saturated rings. The molecule has 0 aliphatic heterocycles. The molecule has 0 aliphatic carbocycles. The third-order valence-electron chi connectivity index (χ3n) is 2.68. The molecule has 0 bridgehead atoms. The van der Waals surface area contributed by atoms with Crippen LogP contribution in [0.2, 0.25) is 0 Å². The van der Waals surface area contributed by atoms with Gasteiger partial charge in [0, 0.05) is 13.3 Å². The van der Waals surface area contributed by atoms with Gasteiger partial charge in [-0.05, 0) is 6.42 Å². The van der Waals surface area contributed by atoms with Crippen molar-refractivity contribution < 1.29 is 0 Å². The zero-order valence-corrected chi connectivity index (χ0v) is 10.2. The van der Waals surface area contributed by atoms with E-state index in [1.165, 1.54) is 57.8 Å². The average molecular weight is 206 g/mol. The monoisotopic (exact) mass is 206 g/mol. The van der Waals surface area contributed by atoms with Crippen LogP contribution in [0.4, 0.5) is 0 Å². The second-order valence-electron chi connectivity index (χ2n) is 4.14. The van der Waals surface area contributed by atoms with E-state index < -0.39 is 0 Å². The van der Waals surface area contributed by atoms with Crippen LogP contribution in [-0.4, -0.2) is 0 Å². The van der Waals surface area contributed by atoms with E-state index in [9.17, 15) is 0 Å². The van der Waals surface area contributed by atoms with Crippen molar-refractivity contribution >= 4 is 0 Å². The number of unbranched alkanes of at least 4 members (excludes halogenated alkanes) is 10. The molecule has 0 rings (SSSR count). The minimum atomic E-state index is 1.03. The maximum atomic E-state index is 3.85. The molecule has 0 heterocycles. The van der Waals surface area contributed by atoms with Crippen LogP contribution in [0.25, 0.3) is 0 Å². The number of hydrogen-bond donors (Lipinski definition) is 0.